The highest BCUT2D eigenvalue weighted by atomic mass is 32.1. The lowest BCUT2D eigenvalue weighted by atomic mass is 9.86. The third-order valence-electron chi connectivity index (χ3n) is 5.83. The fraction of sp³-hybridized carbons (Fsp3) is 0.440. The quantitative estimate of drug-likeness (QED) is 0.361. The molecule has 1 unspecified atom stereocenters. The molecule has 2 aromatic rings. The van der Waals surface area contributed by atoms with E-state index in [0.29, 0.717) is 17.6 Å². The maximum absolute atomic E-state index is 11.0. The van der Waals surface area contributed by atoms with E-state index in [1.807, 2.05) is 12.1 Å². The second kappa shape index (κ2) is 11.8. The molecule has 0 heterocycles. The van der Waals surface area contributed by atoms with E-state index in [1.165, 1.54) is 23.1 Å². The molecular formula is C25H33N3O2S. The zero-order chi connectivity index (χ0) is 22.1. The van der Waals surface area contributed by atoms with Gasteiger partial charge >= 0.3 is 5.97 Å². The summed E-state index contributed by atoms with van der Waals surface area (Å²) in [5.41, 5.74) is 5.05. The van der Waals surface area contributed by atoms with Crippen molar-refractivity contribution in [1.82, 2.24) is 10.2 Å². The molecule has 31 heavy (non-hydrogen) atoms. The summed E-state index contributed by atoms with van der Waals surface area (Å²) in [6.45, 7) is 4.56. The van der Waals surface area contributed by atoms with Crippen molar-refractivity contribution in [2.24, 2.45) is 0 Å². The number of aliphatic carboxylic acids is 1. The van der Waals surface area contributed by atoms with Gasteiger partial charge in [0.05, 0.1) is 0 Å². The van der Waals surface area contributed by atoms with E-state index < -0.39 is 5.97 Å². The minimum absolute atomic E-state index is 0.216. The molecule has 3 rings (SSSR count). The minimum Gasteiger partial charge on any atom is -0.481 e. The number of hydrogen-bond acceptors (Lipinski definition) is 3. The summed E-state index contributed by atoms with van der Waals surface area (Å²) >= 11 is 5.42. The number of nitrogens with zero attached hydrogens (tertiary/aromatic N) is 1. The minimum atomic E-state index is -0.724. The number of carboxylic acids is 1. The van der Waals surface area contributed by atoms with E-state index in [2.05, 4.69) is 58.9 Å². The van der Waals surface area contributed by atoms with E-state index >= 15 is 0 Å². The van der Waals surface area contributed by atoms with Crippen molar-refractivity contribution in [1.29, 1.82) is 0 Å². The fourth-order valence-electron chi connectivity index (χ4n) is 4.26. The van der Waals surface area contributed by atoms with E-state index in [1.54, 1.807) is 0 Å². The molecule has 0 aliphatic heterocycles. The summed E-state index contributed by atoms with van der Waals surface area (Å²) < 4.78 is 0. The molecule has 2 aromatic carbocycles. The van der Waals surface area contributed by atoms with E-state index in [4.69, 9.17) is 17.3 Å². The predicted octanol–water partition coefficient (Wildman–Crippen LogP) is 4.92. The summed E-state index contributed by atoms with van der Waals surface area (Å²) in [7, 11) is 0. The lowest BCUT2D eigenvalue weighted by Crippen LogP contribution is -2.36. The number of hydrogen-bond donors (Lipinski definition) is 3. The number of carboxylic acid groups (broad SMARTS) is 1. The Balaban J connectivity index is 1.52. The molecule has 0 amide bonds. The van der Waals surface area contributed by atoms with Crippen molar-refractivity contribution < 1.29 is 9.90 Å². The average molecular weight is 440 g/mol. The first-order valence-corrected chi connectivity index (χ1v) is 11.6. The Hall–Kier alpha value is -2.44. The van der Waals surface area contributed by atoms with Gasteiger partial charge < -0.3 is 15.7 Å². The monoisotopic (exact) mass is 439 g/mol. The number of benzene rings is 2. The molecule has 166 valence electrons. The summed E-state index contributed by atoms with van der Waals surface area (Å²) in [6.07, 6.45) is 5.28. The number of nitrogens with one attached hydrogen (secondary N) is 2. The molecule has 0 spiro atoms. The van der Waals surface area contributed by atoms with E-state index in [-0.39, 0.29) is 6.42 Å². The predicted molar refractivity (Wildman–Crippen MR) is 131 cm³/mol. The largest absolute Gasteiger partial charge is 0.481 e. The van der Waals surface area contributed by atoms with Gasteiger partial charge in [-0.05, 0) is 81.1 Å². The molecule has 0 radical (unpaired) electrons. The number of anilines is 1. The van der Waals surface area contributed by atoms with Crippen LogP contribution in [0, 0.1) is 6.92 Å². The second-order valence-electron chi connectivity index (χ2n) is 8.24. The van der Waals surface area contributed by atoms with Crippen LogP contribution in [0.3, 0.4) is 0 Å². The first-order chi connectivity index (χ1) is 15.0. The standard InChI is InChI=1S/C25H33N3O2S/c1-19-12-14-21(15-13-19)27-25(31)26-16-6-18-28(17-5-11-24(29)30)23-10-4-8-20-7-2-3-9-22(20)23/h2-3,7,9,12-15,23H,4-6,8,10-11,16-18H2,1H3,(H,29,30)(H2,26,27,31). The Labute approximate surface area is 190 Å². The maximum atomic E-state index is 11.0. The third kappa shape index (κ3) is 7.33. The zero-order valence-electron chi connectivity index (χ0n) is 18.3. The Morgan fingerprint density at radius 3 is 2.65 bits per heavy atom. The molecule has 6 heteroatoms. The highest BCUT2D eigenvalue weighted by Gasteiger charge is 2.25. The molecule has 0 aromatic heterocycles. The van der Waals surface area contributed by atoms with Gasteiger partial charge in [-0.15, -0.1) is 0 Å². The first-order valence-electron chi connectivity index (χ1n) is 11.2. The van der Waals surface area contributed by atoms with Crippen molar-refractivity contribution in [3.05, 3.63) is 65.2 Å². The summed E-state index contributed by atoms with van der Waals surface area (Å²) in [5.74, 6) is -0.724. The highest BCUT2D eigenvalue weighted by Crippen LogP contribution is 2.34. The van der Waals surface area contributed by atoms with Gasteiger partial charge in [0.2, 0.25) is 0 Å². The van der Waals surface area contributed by atoms with Gasteiger partial charge in [-0.1, -0.05) is 42.0 Å². The Bertz CT molecular complexity index is 869. The molecule has 1 aliphatic rings. The summed E-state index contributed by atoms with van der Waals surface area (Å²) in [6, 6.07) is 17.2. The molecule has 3 N–H and O–H groups in total. The number of rotatable bonds is 10. The number of aryl methyl sites for hydroxylation is 2. The van der Waals surface area contributed by atoms with E-state index in [9.17, 15) is 4.79 Å². The van der Waals surface area contributed by atoms with Crippen molar-refractivity contribution in [3.8, 4) is 0 Å². The van der Waals surface area contributed by atoms with Crippen LogP contribution in [0.5, 0.6) is 0 Å². The molecule has 1 atom stereocenters. The Kier molecular flexibility index (Phi) is 8.85. The molecule has 0 saturated carbocycles. The van der Waals surface area contributed by atoms with Crippen LogP contribution in [0.4, 0.5) is 5.69 Å². The van der Waals surface area contributed by atoms with Gasteiger partial charge in [0.1, 0.15) is 0 Å². The lowest BCUT2D eigenvalue weighted by molar-refractivity contribution is -0.137. The van der Waals surface area contributed by atoms with Gasteiger partial charge in [0, 0.05) is 31.2 Å². The van der Waals surface area contributed by atoms with Gasteiger partial charge in [-0.3, -0.25) is 9.69 Å². The number of fused-ring (bicyclic) bond motifs is 1. The number of thiocarbonyl (C=S) groups is 1. The molecule has 0 saturated heterocycles. The van der Waals surface area contributed by atoms with Crippen LogP contribution in [0.2, 0.25) is 0 Å². The molecule has 0 bridgehead atoms. The second-order valence-corrected chi connectivity index (χ2v) is 8.65. The van der Waals surface area contributed by atoms with Gasteiger partial charge in [-0.25, -0.2) is 0 Å². The fourth-order valence-corrected chi connectivity index (χ4v) is 4.48. The smallest absolute Gasteiger partial charge is 0.303 e. The van der Waals surface area contributed by atoms with Crippen LogP contribution in [0.1, 0.15) is 54.8 Å². The van der Waals surface area contributed by atoms with Crippen LogP contribution < -0.4 is 10.6 Å². The van der Waals surface area contributed by atoms with Crippen molar-refractivity contribution in [2.45, 2.75) is 51.5 Å². The third-order valence-corrected chi connectivity index (χ3v) is 6.08. The maximum Gasteiger partial charge on any atom is 0.303 e. The van der Waals surface area contributed by atoms with Gasteiger partial charge in [-0.2, -0.15) is 0 Å². The first kappa shape index (κ1) is 23.2. The highest BCUT2D eigenvalue weighted by molar-refractivity contribution is 7.80. The SMILES string of the molecule is Cc1ccc(NC(=S)NCCCN(CCCC(=O)O)C2CCCc3ccccc32)cc1. The molecular weight excluding hydrogens is 406 g/mol. The van der Waals surface area contributed by atoms with Crippen molar-refractivity contribution in [2.75, 3.05) is 25.0 Å². The van der Waals surface area contributed by atoms with Gasteiger partial charge in [0.25, 0.3) is 0 Å². The van der Waals surface area contributed by atoms with Crippen LogP contribution >= 0.6 is 12.2 Å². The zero-order valence-corrected chi connectivity index (χ0v) is 19.1. The van der Waals surface area contributed by atoms with Crippen LogP contribution in [-0.4, -0.2) is 40.7 Å². The Morgan fingerprint density at radius 1 is 1.13 bits per heavy atom. The van der Waals surface area contributed by atoms with Crippen LogP contribution in [0.15, 0.2) is 48.5 Å². The van der Waals surface area contributed by atoms with Crippen molar-refractivity contribution >= 4 is 29.0 Å². The molecule has 0 fully saturated rings. The normalized spacial score (nSPS) is 15.4. The van der Waals surface area contributed by atoms with Crippen LogP contribution in [-0.2, 0) is 11.2 Å². The average Bonchev–Trinajstić information content (AvgIpc) is 2.76. The lowest BCUT2D eigenvalue weighted by Gasteiger charge is -2.36. The number of carbonyl (C=O) groups is 1. The topological polar surface area (TPSA) is 64.6 Å². The van der Waals surface area contributed by atoms with Gasteiger partial charge in [0.15, 0.2) is 5.11 Å². The summed E-state index contributed by atoms with van der Waals surface area (Å²) in [5, 5.41) is 16.2. The molecule has 1 aliphatic carbocycles. The van der Waals surface area contributed by atoms with Crippen molar-refractivity contribution in [3.63, 3.8) is 0 Å². The van der Waals surface area contributed by atoms with E-state index in [0.717, 1.165) is 44.6 Å². The molecule has 5 nitrogen and oxygen atoms in total. The Morgan fingerprint density at radius 2 is 1.87 bits per heavy atom. The van der Waals surface area contributed by atoms with Crippen LogP contribution in [0.25, 0.3) is 0 Å². The summed E-state index contributed by atoms with van der Waals surface area (Å²) in [4.78, 5) is 13.5.